The zero-order valence-electron chi connectivity index (χ0n) is 23.2. The molecule has 1 saturated carbocycles. The second-order valence-electron chi connectivity index (χ2n) is 11.6. The molecule has 0 aromatic heterocycles. The molecule has 2 aromatic rings. The van der Waals surface area contributed by atoms with Crippen molar-refractivity contribution in [3.63, 3.8) is 0 Å². The Morgan fingerprint density at radius 3 is 2.38 bits per heavy atom. The van der Waals surface area contributed by atoms with E-state index >= 15 is 0 Å². The molecule has 3 fully saturated rings. The maximum absolute atomic E-state index is 13.3. The third-order valence-corrected chi connectivity index (χ3v) is 9.25. The standard InChI is InChI=1S/C32H41ClN4O3/c1-2-18-37(31(39)34-28-14-12-27(33)13-15-28)29-16-19-35(20-17-29)21-26-22-36(30(38)24-8-6-7-9-24)23-32(26,40)25-10-4-3-5-11-25/h2-5,10-15,24,26,29,40H,1,6-9,16-23H2,(H,34,39)/t26-,32-/m0/s1. The van der Waals surface area contributed by atoms with E-state index in [1.54, 1.807) is 30.3 Å². The van der Waals surface area contributed by atoms with E-state index in [2.05, 4.69) is 16.8 Å². The lowest BCUT2D eigenvalue weighted by molar-refractivity contribution is -0.135. The van der Waals surface area contributed by atoms with Crippen molar-refractivity contribution in [2.45, 2.75) is 50.2 Å². The largest absolute Gasteiger partial charge is 0.383 e. The molecular formula is C32H41ClN4O3. The van der Waals surface area contributed by atoms with Crippen LogP contribution < -0.4 is 5.32 Å². The summed E-state index contributed by atoms with van der Waals surface area (Å²) in [5.74, 6) is 0.235. The van der Waals surface area contributed by atoms with Gasteiger partial charge in [-0.2, -0.15) is 0 Å². The van der Waals surface area contributed by atoms with Crippen LogP contribution in [0.5, 0.6) is 0 Å². The number of amides is 3. The number of piperidine rings is 1. The van der Waals surface area contributed by atoms with Crippen LogP contribution in [-0.4, -0.2) is 77.1 Å². The number of hydrogen-bond donors (Lipinski definition) is 2. The highest BCUT2D eigenvalue weighted by atomic mass is 35.5. The van der Waals surface area contributed by atoms with Gasteiger partial charge < -0.3 is 25.1 Å². The van der Waals surface area contributed by atoms with Gasteiger partial charge in [0.25, 0.3) is 0 Å². The van der Waals surface area contributed by atoms with Crippen molar-refractivity contribution in [2.75, 3.05) is 44.6 Å². The normalized spacial score (nSPS) is 24.2. The Balaban J connectivity index is 1.23. The molecule has 1 aliphatic carbocycles. The van der Waals surface area contributed by atoms with Crippen molar-refractivity contribution in [3.8, 4) is 0 Å². The van der Waals surface area contributed by atoms with Crippen LogP contribution in [0.4, 0.5) is 10.5 Å². The zero-order valence-corrected chi connectivity index (χ0v) is 23.9. The molecule has 40 heavy (non-hydrogen) atoms. The second kappa shape index (κ2) is 12.8. The molecule has 0 unspecified atom stereocenters. The van der Waals surface area contributed by atoms with E-state index in [4.69, 9.17) is 11.6 Å². The van der Waals surface area contributed by atoms with E-state index in [1.807, 2.05) is 40.1 Å². The van der Waals surface area contributed by atoms with Crippen molar-refractivity contribution < 1.29 is 14.7 Å². The Kier molecular flexibility index (Phi) is 9.13. The first-order valence-electron chi connectivity index (χ1n) is 14.6. The van der Waals surface area contributed by atoms with Crippen molar-refractivity contribution in [1.29, 1.82) is 0 Å². The Hall–Kier alpha value is -2.87. The fourth-order valence-electron chi connectivity index (χ4n) is 6.75. The maximum atomic E-state index is 13.3. The molecule has 3 aliphatic rings. The minimum atomic E-state index is -1.07. The van der Waals surface area contributed by atoms with Gasteiger partial charge >= 0.3 is 6.03 Å². The van der Waals surface area contributed by atoms with Gasteiger partial charge in [0.05, 0.1) is 6.54 Å². The van der Waals surface area contributed by atoms with Crippen LogP contribution in [0, 0.1) is 11.8 Å². The molecule has 2 saturated heterocycles. The average Bonchev–Trinajstić information content (AvgIpc) is 3.63. The molecule has 3 amide bonds. The number of carbonyl (C=O) groups is 2. The molecule has 0 spiro atoms. The van der Waals surface area contributed by atoms with E-state index in [1.165, 1.54) is 0 Å². The number of aliphatic hydroxyl groups is 1. The molecule has 214 valence electrons. The number of hydrogen-bond acceptors (Lipinski definition) is 4. The van der Waals surface area contributed by atoms with Gasteiger partial charge in [-0.25, -0.2) is 4.79 Å². The average molecular weight is 565 g/mol. The first-order valence-corrected chi connectivity index (χ1v) is 15.0. The number of benzene rings is 2. The van der Waals surface area contributed by atoms with E-state index < -0.39 is 5.60 Å². The van der Waals surface area contributed by atoms with Crippen LogP contribution in [0.3, 0.4) is 0 Å². The Bertz CT molecular complexity index is 1160. The minimum absolute atomic E-state index is 0.0747. The number of likely N-dealkylation sites (tertiary alicyclic amines) is 2. The smallest absolute Gasteiger partial charge is 0.322 e. The van der Waals surface area contributed by atoms with Gasteiger partial charge in [-0.1, -0.05) is 60.9 Å². The number of rotatable bonds is 8. The van der Waals surface area contributed by atoms with Crippen molar-refractivity contribution >= 4 is 29.2 Å². The van der Waals surface area contributed by atoms with Gasteiger partial charge in [-0.05, 0) is 55.5 Å². The zero-order chi connectivity index (χ0) is 28.1. The van der Waals surface area contributed by atoms with Crippen LogP contribution in [0.2, 0.25) is 5.02 Å². The van der Waals surface area contributed by atoms with Crippen LogP contribution in [0.15, 0.2) is 67.3 Å². The van der Waals surface area contributed by atoms with Crippen LogP contribution in [0.25, 0.3) is 0 Å². The quantitative estimate of drug-likeness (QED) is 0.423. The summed E-state index contributed by atoms with van der Waals surface area (Å²) in [4.78, 5) is 32.7. The lowest BCUT2D eigenvalue weighted by Gasteiger charge is -2.40. The van der Waals surface area contributed by atoms with Gasteiger partial charge in [0.2, 0.25) is 5.91 Å². The predicted octanol–water partition coefficient (Wildman–Crippen LogP) is 5.36. The van der Waals surface area contributed by atoms with E-state index in [0.717, 1.165) is 57.2 Å². The van der Waals surface area contributed by atoms with Crippen LogP contribution in [-0.2, 0) is 10.4 Å². The molecule has 5 rings (SSSR count). The first kappa shape index (κ1) is 28.7. The van der Waals surface area contributed by atoms with Gasteiger partial charge in [0.1, 0.15) is 5.60 Å². The lowest BCUT2D eigenvalue weighted by atomic mass is 9.83. The van der Waals surface area contributed by atoms with Gasteiger partial charge in [0, 0.05) is 61.3 Å². The fourth-order valence-corrected chi connectivity index (χ4v) is 6.88. The molecule has 0 radical (unpaired) electrons. The summed E-state index contributed by atoms with van der Waals surface area (Å²) in [6, 6.07) is 16.9. The summed E-state index contributed by atoms with van der Waals surface area (Å²) in [5, 5.41) is 15.7. The first-order chi connectivity index (χ1) is 19.4. The van der Waals surface area contributed by atoms with Gasteiger partial charge in [0.15, 0.2) is 0 Å². The Morgan fingerprint density at radius 1 is 1.05 bits per heavy atom. The second-order valence-corrected chi connectivity index (χ2v) is 12.0. The summed E-state index contributed by atoms with van der Waals surface area (Å²) in [5.41, 5.74) is 0.520. The number of halogens is 1. The Morgan fingerprint density at radius 2 is 1.73 bits per heavy atom. The third kappa shape index (κ3) is 6.37. The van der Waals surface area contributed by atoms with Crippen molar-refractivity contribution in [1.82, 2.24) is 14.7 Å². The van der Waals surface area contributed by atoms with Gasteiger partial charge in [-0.15, -0.1) is 6.58 Å². The monoisotopic (exact) mass is 564 g/mol. The number of anilines is 1. The third-order valence-electron chi connectivity index (χ3n) is 9.00. The molecular weight excluding hydrogens is 524 g/mol. The van der Waals surface area contributed by atoms with Gasteiger partial charge in [-0.3, -0.25) is 4.79 Å². The summed E-state index contributed by atoms with van der Waals surface area (Å²) >= 11 is 5.99. The highest BCUT2D eigenvalue weighted by molar-refractivity contribution is 6.30. The Labute approximate surface area is 242 Å². The molecule has 2 N–H and O–H groups in total. The highest BCUT2D eigenvalue weighted by Crippen LogP contribution is 2.40. The molecule has 8 heteroatoms. The molecule has 0 bridgehead atoms. The van der Waals surface area contributed by atoms with Crippen molar-refractivity contribution in [2.24, 2.45) is 11.8 Å². The molecule has 2 aromatic carbocycles. The molecule has 2 aliphatic heterocycles. The number of nitrogens with one attached hydrogen (secondary N) is 1. The molecule has 7 nitrogen and oxygen atoms in total. The van der Waals surface area contributed by atoms with E-state index in [0.29, 0.717) is 36.9 Å². The van der Waals surface area contributed by atoms with Crippen molar-refractivity contribution in [3.05, 3.63) is 77.8 Å². The minimum Gasteiger partial charge on any atom is -0.383 e. The summed E-state index contributed by atoms with van der Waals surface area (Å²) in [6.07, 6.45) is 7.60. The molecule has 2 heterocycles. The molecule has 2 atom stereocenters. The van der Waals surface area contributed by atoms with E-state index in [-0.39, 0.29) is 29.8 Å². The van der Waals surface area contributed by atoms with E-state index in [9.17, 15) is 14.7 Å². The SMILES string of the molecule is C=CCN(C(=O)Nc1ccc(Cl)cc1)C1CCN(C[C@H]2CN(C(=O)C3CCCC3)C[C@]2(O)c2ccccc2)CC1. The predicted molar refractivity (Wildman–Crippen MR) is 159 cm³/mol. The van der Waals surface area contributed by atoms with Crippen LogP contribution in [0.1, 0.15) is 44.1 Å². The topological polar surface area (TPSA) is 76.1 Å². The highest BCUT2D eigenvalue weighted by Gasteiger charge is 2.49. The number of nitrogens with zero attached hydrogens (tertiary/aromatic N) is 3. The number of β-amino-alcohol motifs (C(OH)–C–C–N with tert-alkyl or cyclic N) is 1. The number of urea groups is 1. The van der Waals surface area contributed by atoms with Crippen LogP contribution >= 0.6 is 11.6 Å². The summed E-state index contributed by atoms with van der Waals surface area (Å²) in [7, 11) is 0. The lowest BCUT2D eigenvalue weighted by Crippen LogP contribution is -2.50. The maximum Gasteiger partial charge on any atom is 0.322 e. The summed E-state index contributed by atoms with van der Waals surface area (Å²) < 4.78 is 0. The summed E-state index contributed by atoms with van der Waals surface area (Å²) in [6.45, 7) is 7.63. The number of carbonyl (C=O) groups excluding carboxylic acids is 2. The fraction of sp³-hybridized carbons (Fsp3) is 0.500.